The fourth-order valence-electron chi connectivity index (χ4n) is 3.21. The van der Waals surface area contributed by atoms with E-state index in [9.17, 15) is 4.79 Å². The number of para-hydroxylation sites is 1. The molecule has 144 valence electrons. The second-order valence-electron chi connectivity index (χ2n) is 7.60. The van der Waals surface area contributed by atoms with Crippen molar-refractivity contribution < 1.29 is 19.0 Å². The zero-order valence-electron chi connectivity index (χ0n) is 16.4. The van der Waals surface area contributed by atoms with E-state index in [2.05, 4.69) is 25.2 Å². The van der Waals surface area contributed by atoms with Gasteiger partial charge in [0.05, 0.1) is 6.61 Å². The highest BCUT2D eigenvalue weighted by molar-refractivity contribution is 5.94. The average molecular weight is 369 g/mol. The van der Waals surface area contributed by atoms with Crippen molar-refractivity contribution in [2.24, 2.45) is 0 Å². The molecule has 1 heterocycles. The molecule has 0 aromatic heterocycles. The predicted molar refractivity (Wildman–Crippen MR) is 104 cm³/mol. The summed E-state index contributed by atoms with van der Waals surface area (Å²) in [6, 6.07) is 13.4. The molecule has 5 nitrogen and oxygen atoms in total. The van der Waals surface area contributed by atoms with Crippen LogP contribution in [0.5, 0.6) is 11.5 Å². The van der Waals surface area contributed by atoms with Gasteiger partial charge in [-0.2, -0.15) is 0 Å². The molecule has 1 atom stereocenters. The minimum Gasteiger partial charge on any atom is -0.485 e. The summed E-state index contributed by atoms with van der Waals surface area (Å²) in [6.45, 7) is 6.97. The third-order valence-corrected chi connectivity index (χ3v) is 4.46. The molecule has 27 heavy (non-hydrogen) atoms. The van der Waals surface area contributed by atoms with Gasteiger partial charge in [-0.15, -0.1) is 0 Å². The first-order chi connectivity index (χ1) is 12.9. The third-order valence-electron chi connectivity index (χ3n) is 4.46. The minimum absolute atomic E-state index is 0.0325. The van der Waals surface area contributed by atoms with Crippen molar-refractivity contribution in [2.75, 3.05) is 13.7 Å². The highest BCUT2D eigenvalue weighted by atomic mass is 16.5. The molecule has 3 rings (SSSR count). The number of fused-ring (bicyclic) bond motifs is 1. The van der Waals surface area contributed by atoms with E-state index in [0.29, 0.717) is 18.8 Å². The number of rotatable bonds is 7. The molecule has 1 N–H and O–H groups in total. The lowest BCUT2D eigenvalue weighted by Gasteiger charge is -2.18. The number of hydrogen-bond acceptors (Lipinski definition) is 4. The standard InChI is InChI=1S/C22H27NO4/c1-15(13-25-4)23-21(24)17-10-8-16(9-11-17)14-26-19-7-5-6-18-12-22(2,3)27-20(18)19/h5-11,15H,12-14H2,1-4H3,(H,23,24)/t15-/m1/s1. The lowest BCUT2D eigenvalue weighted by atomic mass is 10.0. The molecular weight excluding hydrogens is 342 g/mol. The molecule has 2 aromatic carbocycles. The quantitative estimate of drug-likeness (QED) is 0.808. The Morgan fingerprint density at radius 2 is 1.96 bits per heavy atom. The van der Waals surface area contributed by atoms with E-state index < -0.39 is 0 Å². The van der Waals surface area contributed by atoms with E-state index in [1.165, 1.54) is 5.56 Å². The van der Waals surface area contributed by atoms with Crippen LogP contribution in [0, 0.1) is 0 Å². The number of ether oxygens (including phenoxy) is 3. The highest BCUT2D eigenvalue weighted by Crippen LogP contribution is 2.41. The first kappa shape index (κ1) is 19.2. The monoisotopic (exact) mass is 369 g/mol. The fourth-order valence-corrected chi connectivity index (χ4v) is 3.21. The third kappa shape index (κ3) is 4.80. The average Bonchev–Trinajstić information content (AvgIpc) is 2.95. The van der Waals surface area contributed by atoms with Gasteiger partial charge in [-0.3, -0.25) is 4.79 Å². The summed E-state index contributed by atoms with van der Waals surface area (Å²) < 4.78 is 17.1. The Morgan fingerprint density at radius 3 is 2.67 bits per heavy atom. The minimum atomic E-state index is -0.198. The Bertz CT molecular complexity index is 798. The maximum absolute atomic E-state index is 12.2. The maximum atomic E-state index is 12.2. The summed E-state index contributed by atoms with van der Waals surface area (Å²) in [5, 5.41) is 2.90. The molecule has 0 saturated carbocycles. The summed E-state index contributed by atoms with van der Waals surface area (Å²) in [7, 11) is 1.62. The molecule has 0 unspecified atom stereocenters. The summed E-state index contributed by atoms with van der Waals surface area (Å²) in [4.78, 5) is 12.2. The summed E-state index contributed by atoms with van der Waals surface area (Å²) in [5.74, 6) is 1.49. The number of carbonyl (C=O) groups excluding carboxylic acids is 1. The van der Waals surface area contributed by atoms with Gasteiger partial charge in [0.25, 0.3) is 5.91 Å². The van der Waals surface area contributed by atoms with Gasteiger partial charge in [-0.1, -0.05) is 24.3 Å². The van der Waals surface area contributed by atoms with Crippen molar-refractivity contribution in [3.8, 4) is 11.5 Å². The number of carbonyl (C=O) groups is 1. The Balaban J connectivity index is 1.60. The van der Waals surface area contributed by atoms with E-state index in [1.807, 2.05) is 43.3 Å². The largest absolute Gasteiger partial charge is 0.485 e. The molecule has 5 heteroatoms. The van der Waals surface area contributed by atoms with Gasteiger partial charge < -0.3 is 19.5 Å². The SMILES string of the molecule is COC[C@@H](C)NC(=O)c1ccc(COc2cccc3c2OC(C)(C)C3)cc1. The van der Waals surface area contributed by atoms with E-state index in [-0.39, 0.29) is 17.6 Å². The van der Waals surface area contributed by atoms with Crippen LogP contribution in [-0.4, -0.2) is 31.3 Å². The van der Waals surface area contributed by atoms with E-state index in [4.69, 9.17) is 14.2 Å². The van der Waals surface area contributed by atoms with E-state index in [0.717, 1.165) is 23.5 Å². The van der Waals surface area contributed by atoms with Crippen molar-refractivity contribution in [3.05, 3.63) is 59.2 Å². The van der Waals surface area contributed by atoms with Crippen LogP contribution in [0.1, 0.15) is 42.3 Å². The van der Waals surface area contributed by atoms with E-state index >= 15 is 0 Å². The molecule has 0 radical (unpaired) electrons. The van der Waals surface area contributed by atoms with Crippen LogP contribution < -0.4 is 14.8 Å². The van der Waals surface area contributed by atoms with Crippen molar-refractivity contribution in [1.29, 1.82) is 0 Å². The molecule has 0 aliphatic carbocycles. The zero-order chi connectivity index (χ0) is 19.4. The van der Waals surface area contributed by atoms with Crippen molar-refractivity contribution >= 4 is 5.91 Å². The molecule has 0 fully saturated rings. The smallest absolute Gasteiger partial charge is 0.251 e. The maximum Gasteiger partial charge on any atom is 0.251 e. The predicted octanol–water partition coefficient (Wildman–Crippen LogP) is 3.74. The normalized spacial score (nSPS) is 15.6. The van der Waals surface area contributed by atoms with Crippen LogP contribution in [-0.2, 0) is 17.8 Å². The van der Waals surface area contributed by atoms with Crippen molar-refractivity contribution in [2.45, 2.75) is 45.4 Å². The highest BCUT2D eigenvalue weighted by Gasteiger charge is 2.32. The van der Waals surface area contributed by atoms with Crippen molar-refractivity contribution in [3.63, 3.8) is 0 Å². The lowest BCUT2D eigenvalue weighted by molar-refractivity contribution is 0.0905. The molecule has 1 aliphatic rings. The van der Waals surface area contributed by atoms with Gasteiger partial charge >= 0.3 is 0 Å². The summed E-state index contributed by atoms with van der Waals surface area (Å²) >= 11 is 0. The number of nitrogens with one attached hydrogen (secondary N) is 1. The first-order valence-corrected chi connectivity index (χ1v) is 9.20. The Kier molecular flexibility index (Phi) is 5.71. The van der Waals surface area contributed by atoms with Gasteiger partial charge in [0.1, 0.15) is 12.2 Å². The van der Waals surface area contributed by atoms with Crippen LogP contribution >= 0.6 is 0 Å². The number of benzene rings is 2. The summed E-state index contributed by atoms with van der Waals surface area (Å²) in [5.41, 5.74) is 2.59. The molecule has 0 bridgehead atoms. The topological polar surface area (TPSA) is 56.8 Å². The van der Waals surface area contributed by atoms with Gasteiger partial charge in [-0.25, -0.2) is 0 Å². The zero-order valence-corrected chi connectivity index (χ0v) is 16.4. The lowest BCUT2D eigenvalue weighted by Crippen LogP contribution is -2.35. The van der Waals surface area contributed by atoms with Gasteiger partial charge in [-0.05, 0) is 44.5 Å². The Hall–Kier alpha value is -2.53. The molecule has 2 aromatic rings. The van der Waals surface area contributed by atoms with Crippen molar-refractivity contribution in [1.82, 2.24) is 5.32 Å². The molecule has 1 amide bonds. The van der Waals surface area contributed by atoms with Crippen LogP contribution in [0.2, 0.25) is 0 Å². The molecule has 0 spiro atoms. The number of hydrogen-bond donors (Lipinski definition) is 1. The van der Waals surface area contributed by atoms with Crippen LogP contribution in [0.25, 0.3) is 0 Å². The van der Waals surface area contributed by atoms with Gasteiger partial charge in [0.15, 0.2) is 11.5 Å². The Labute approximate surface area is 160 Å². The molecule has 1 aliphatic heterocycles. The molecule has 0 saturated heterocycles. The van der Waals surface area contributed by atoms with Gasteiger partial charge in [0.2, 0.25) is 0 Å². The van der Waals surface area contributed by atoms with E-state index in [1.54, 1.807) is 7.11 Å². The van der Waals surface area contributed by atoms with Crippen LogP contribution in [0.4, 0.5) is 0 Å². The van der Waals surface area contributed by atoms with Gasteiger partial charge in [0, 0.05) is 30.7 Å². The second kappa shape index (κ2) is 8.01. The molecular formula is C22H27NO4. The second-order valence-corrected chi connectivity index (χ2v) is 7.60. The van der Waals surface area contributed by atoms with Crippen LogP contribution in [0.15, 0.2) is 42.5 Å². The number of methoxy groups -OCH3 is 1. The summed E-state index contributed by atoms with van der Waals surface area (Å²) in [6.07, 6.45) is 0.880. The van der Waals surface area contributed by atoms with Crippen LogP contribution in [0.3, 0.4) is 0 Å². The Morgan fingerprint density at radius 1 is 1.22 bits per heavy atom. The fraction of sp³-hybridized carbons (Fsp3) is 0.409. The first-order valence-electron chi connectivity index (χ1n) is 9.20. The number of amides is 1.